The molecule has 1 atom stereocenters. The highest BCUT2D eigenvalue weighted by Gasteiger charge is 2.17. The van der Waals surface area contributed by atoms with Gasteiger partial charge in [-0.2, -0.15) is 0 Å². The van der Waals surface area contributed by atoms with E-state index in [0.29, 0.717) is 0 Å². The quantitative estimate of drug-likeness (QED) is 0.839. The molecule has 0 saturated carbocycles. The lowest BCUT2D eigenvalue weighted by Crippen LogP contribution is -2.38. The zero-order valence-electron chi connectivity index (χ0n) is 13.6. The first-order valence-corrected chi connectivity index (χ1v) is 11.4. The summed E-state index contributed by atoms with van der Waals surface area (Å²) < 4.78 is 0. The van der Waals surface area contributed by atoms with Gasteiger partial charge in [-0.1, -0.05) is 49.1 Å². The molecule has 0 radical (unpaired) electrons. The summed E-state index contributed by atoms with van der Waals surface area (Å²) >= 11 is 0. The van der Waals surface area contributed by atoms with Crippen LogP contribution in [-0.2, 0) is 6.54 Å². The zero-order valence-corrected chi connectivity index (χ0v) is 14.6. The molecule has 0 amide bonds. The van der Waals surface area contributed by atoms with Crippen LogP contribution >= 0.6 is 0 Å². The predicted molar refractivity (Wildman–Crippen MR) is 91.3 cm³/mol. The predicted octanol–water partition coefficient (Wildman–Crippen LogP) is 2.66. The average Bonchev–Trinajstić information content (AvgIpc) is 2.39. The molecule has 1 N–H and O–H groups in total. The number of nitrogens with one attached hydrogen (secondary N) is 1. The minimum atomic E-state index is -1.15. The first kappa shape index (κ1) is 15.7. The Morgan fingerprint density at radius 2 is 1.90 bits per heavy atom. The highest BCUT2D eigenvalue weighted by Crippen LogP contribution is 2.13. The van der Waals surface area contributed by atoms with Gasteiger partial charge in [0, 0.05) is 13.1 Å². The molecule has 0 bridgehead atoms. The van der Waals surface area contributed by atoms with Crippen LogP contribution in [0.15, 0.2) is 24.3 Å². The molecule has 0 spiro atoms. The van der Waals surface area contributed by atoms with Crippen molar-refractivity contribution in [3.63, 3.8) is 0 Å². The second-order valence-corrected chi connectivity index (χ2v) is 12.4. The van der Waals surface area contributed by atoms with Crippen molar-refractivity contribution in [3.05, 3.63) is 29.8 Å². The van der Waals surface area contributed by atoms with Crippen molar-refractivity contribution in [2.45, 2.75) is 39.0 Å². The fourth-order valence-electron chi connectivity index (χ4n) is 3.01. The van der Waals surface area contributed by atoms with Gasteiger partial charge < -0.3 is 10.2 Å². The van der Waals surface area contributed by atoms with Crippen LogP contribution in [0.4, 0.5) is 0 Å². The number of piperidine rings is 1. The number of nitrogens with zero attached hydrogens (tertiary/aromatic N) is 1. The van der Waals surface area contributed by atoms with Gasteiger partial charge in [0.25, 0.3) is 0 Å². The van der Waals surface area contributed by atoms with E-state index in [2.05, 4.69) is 61.2 Å². The lowest BCUT2D eigenvalue weighted by molar-refractivity contribution is 0.237. The van der Waals surface area contributed by atoms with Crippen LogP contribution in [0.3, 0.4) is 0 Å². The van der Waals surface area contributed by atoms with Gasteiger partial charge in [0.15, 0.2) is 0 Å². The van der Waals surface area contributed by atoms with E-state index in [9.17, 15) is 0 Å². The molecule has 1 aliphatic heterocycles. The zero-order chi connectivity index (χ0) is 14.6. The van der Waals surface area contributed by atoms with Crippen molar-refractivity contribution < 1.29 is 0 Å². The van der Waals surface area contributed by atoms with Crippen molar-refractivity contribution in [1.29, 1.82) is 0 Å². The first-order chi connectivity index (χ1) is 9.45. The van der Waals surface area contributed by atoms with Crippen LogP contribution in [0.1, 0.15) is 18.4 Å². The fourth-order valence-corrected chi connectivity index (χ4v) is 4.17. The summed E-state index contributed by atoms with van der Waals surface area (Å²) in [7, 11) is 1.10. The maximum atomic E-state index is 3.51. The van der Waals surface area contributed by atoms with Crippen molar-refractivity contribution in [1.82, 2.24) is 10.2 Å². The Balaban J connectivity index is 1.86. The van der Waals surface area contributed by atoms with Gasteiger partial charge in [-0.15, -0.1) is 0 Å². The van der Waals surface area contributed by atoms with Gasteiger partial charge in [-0.3, -0.25) is 0 Å². The number of rotatable bonds is 5. The van der Waals surface area contributed by atoms with E-state index in [1.807, 2.05) is 0 Å². The molecule has 112 valence electrons. The molecule has 2 rings (SSSR count). The molecule has 20 heavy (non-hydrogen) atoms. The van der Waals surface area contributed by atoms with Crippen LogP contribution in [0.5, 0.6) is 0 Å². The van der Waals surface area contributed by atoms with Crippen LogP contribution < -0.4 is 10.5 Å². The van der Waals surface area contributed by atoms with E-state index >= 15 is 0 Å². The third-order valence-corrected chi connectivity index (χ3v) is 6.31. The maximum Gasteiger partial charge on any atom is 0.0775 e. The Hall–Kier alpha value is -0.643. The van der Waals surface area contributed by atoms with Crippen LogP contribution in [0.25, 0.3) is 0 Å². The SMILES string of the molecule is CN(Cc1ccc([Si](C)(C)C)cc1)CC1CCCNC1. The summed E-state index contributed by atoms with van der Waals surface area (Å²) in [6, 6.07) is 9.33. The molecule has 0 aromatic heterocycles. The molecule has 0 aliphatic carbocycles. The summed E-state index contributed by atoms with van der Waals surface area (Å²) in [5.41, 5.74) is 1.44. The van der Waals surface area contributed by atoms with Gasteiger partial charge >= 0.3 is 0 Å². The third-order valence-electron chi connectivity index (χ3n) is 4.24. The topological polar surface area (TPSA) is 15.3 Å². The summed E-state index contributed by atoms with van der Waals surface area (Å²) in [5, 5.41) is 5.06. The highest BCUT2D eigenvalue weighted by molar-refractivity contribution is 6.88. The average molecular weight is 291 g/mol. The molecule has 1 unspecified atom stereocenters. The molecule has 2 nitrogen and oxygen atoms in total. The van der Waals surface area contributed by atoms with E-state index in [-0.39, 0.29) is 0 Å². The van der Waals surface area contributed by atoms with Gasteiger partial charge in [-0.25, -0.2) is 0 Å². The molecule has 1 aromatic carbocycles. The Morgan fingerprint density at radius 3 is 2.45 bits per heavy atom. The second kappa shape index (κ2) is 6.88. The van der Waals surface area contributed by atoms with E-state index in [0.717, 1.165) is 12.5 Å². The standard InChI is InChI=1S/C17H30N2Si/c1-19(14-16-6-5-11-18-12-16)13-15-7-9-17(10-8-15)20(2,3)4/h7-10,16,18H,5-6,11-14H2,1-4H3. The smallest absolute Gasteiger partial charge is 0.0775 e. The van der Waals surface area contributed by atoms with E-state index in [4.69, 9.17) is 0 Å². The molecule has 1 aliphatic rings. The lowest BCUT2D eigenvalue weighted by atomic mass is 9.99. The number of hydrogen-bond donors (Lipinski definition) is 1. The van der Waals surface area contributed by atoms with E-state index < -0.39 is 8.07 Å². The van der Waals surface area contributed by atoms with Crippen molar-refractivity contribution in [2.24, 2.45) is 5.92 Å². The minimum Gasteiger partial charge on any atom is -0.316 e. The number of hydrogen-bond acceptors (Lipinski definition) is 2. The number of benzene rings is 1. The van der Waals surface area contributed by atoms with E-state index in [1.54, 1.807) is 5.19 Å². The Morgan fingerprint density at radius 1 is 1.20 bits per heavy atom. The lowest BCUT2D eigenvalue weighted by Gasteiger charge is -2.27. The van der Waals surface area contributed by atoms with Gasteiger partial charge in [0.1, 0.15) is 0 Å². The largest absolute Gasteiger partial charge is 0.316 e. The van der Waals surface area contributed by atoms with E-state index in [1.165, 1.54) is 38.0 Å². The van der Waals surface area contributed by atoms with Gasteiger partial charge in [0.2, 0.25) is 0 Å². The molecule has 1 fully saturated rings. The van der Waals surface area contributed by atoms with Crippen molar-refractivity contribution in [2.75, 3.05) is 26.7 Å². The minimum absolute atomic E-state index is 0.829. The monoisotopic (exact) mass is 290 g/mol. The van der Waals surface area contributed by atoms with Crippen molar-refractivity contribution >= 4 is 13.3 Å². The molecule has 1 aromatic rings. The summed E-state index contributed by atoms with van der Waals surface area (Å²) in [6.07, 6.45) is 2.72. The normalized spacial score (nSPS) is 20.4. The Kier molecular flexibility index (Phi) is 5.41. The first-order valence-electron chi connectivity index (χ1n) is 7.94. The summed E-state index contributed by atoms with van der Waals surface area (Å²) in [5.74, 6) is 0.829. The van der Waals surface area contributed by atoms with Crippen LogP contribution in [0.2, 0.25) is 19.6 Å². The highest BCUT2D eigenvalue weighted by atomic mass is 28.3. The fraction of sp³-hybridized carbons (Fsp3) is 0.647. The Labute approximate surface area is 125 Å². The molecular formula is C17H30N2Si. The summed E-state index contributed by atoms with van der Waals surface area (Å²) in [4.78, 5) is 2.47. The van der Waals surface area contributed by atoms with Crippen molar-refractivity contribution in [3.8, 4) is 0 Å². The maximum absolute atomic E-state index is 3.51. The molecule has 3 heteroatoms. The third kappa shape index (κ3) is 4.72. The summed E-state index contributed by atoms with van der Waals surface area (Å²) in [6.45, 7) is 11.9. The Bertz CT molecular complexity index is 402. The van der Waals surface area contributed by atoms with Crippen LogP contribution in [0, 0.1) is 5.92 Å². The van der Waals surface area contributed by atoms with Gasteiger partial charge in [-0.05, 0) is 44.5 Å². The second-order valence-electron chi connectivity index (χ2n) is 7.36. The van der Waals surface area contributed by atoms with Gasteiger partial charge in [0.05, 0.1) is 8.07 Å². The molecule has 1 saturated heterocycles. The molecular weight excluding hydrogens is 260 g/mol. The molecule has 1 heterocycles. The van der Waals surface area contributed by atoms with Crippen LogP contribution in [-0.4, -0.2) is 39.7 Å².